The van der Waals surface area contributed by atoms with Crippen LogP contribution in [0.1, 0.15) is 11.4 Å². The number of hydrogen-bond donors (Lipinski definition) is 1. The van der Waals surface area contributed by atoms with E-state index >= 15 is 0 Å². The maximum absolute atomic E-state index is 13.2. The van der Waals surface area contributed by atoms with Gasteiger partial charge in [-0.25, -0.2) is 14.1 Å². The van der Waals surface area contributed by atoms with E-state index in [0.717, 1.165) is 5.56 Å². The molecule has 2 aromatic rings. The zero-order chi connectivity index (χ0) is 12.3. The van der Waals surface area contributed by atoms with E-state index < -0.39 is 5.82 Å². The minimum Gasteiger partial charge on any atom is -0.313 e. The number of aromatic nitrogens is 3. The summed E-state index contributed by atoms with van der Waals surface area (Å²) in [5.41, 5.74) is 0.799. The van der Waals surface area contributed by atoms with Crippen LogP contribution in [0.2, 0.25) is 5.02 Å². The third-order valence-electron chi connectivity index (χ3n) is 2.25. The lowest BCUT2D eigenvalue weighted by molar-refractivity contribution is 0.617. The molecule has 1 aromatic carbocycles. The normalized spacial score (nSPS) is 10.8. The summed E-state index contributed by atoms with van der Waals surface area (Å²) in [6, 6.07) is 4.71. The predicted octanol–water partition coefficient (Wildman–Crippen LogP) is 1.84. The molecule has 0 aliphatic rings. The third kappa shape index (κ3) is 3.01. The van der Waals surface area contributed by atoms with Crippen molar-refractivity contribution in [3.05, 3.63) is 46.8 Å². The fourth-order valence-electron chi connectivity index (χ4n) is 1.47. The van der Waals surface area contributed by atoms with Crippen LogP contribution in [0.25, 0.3) is 0 Å². The van der Waals surface area contributed by atoms with Gasteiger partial charge in [0.15, 0.2) is 5.82 Å². The van der Waals surface area contributed by atoms with Crippen LogP contribution in [0.5, 0.6) is 0 Å². The standard InChI is InChI=1S/C11H12ClFN4/c1-14-5-11-15-7-17(16-11)6-8-2-3-9(12)10(13)4-8/h2-4,7,14H,5-6H2,1H3. The Morgan fingerprint density at radius 2 is 2.29 bits per heavy atom. The van der Waals surface area contributed by atoms with Gasteiger partial charge >= 0.3 is 0 Å². The molecule has 4 nitrogen and oxygen atoms in total. The molecule has 0 aliphatic heterocycles. The van der Waals surface area contributed by atoms with Gasteiger partial charge in [0.1, 0.15) is 12.1 Å². The number of hydrogen-bond acceptors (Lipinski definition) is 3. The summed E-state index contributed by atoms with van der Waals surface area (Å²) >= 11 is 5.61. The van der Waals surface area contributed by atoms with Gasteiger partial charge in [0.05, 0.1) is 18.1 Å². The topological polar surface area (TPSA) is 42.7 Å². The second-order valence-electron chi connectivity index (χ2n) is 3.64. The van der Waals surface area contributed by atoms with Gasteiger partial charge < -0.3 is 5.32 Å². The van der Waals surface area contributed by atoms with Crippen LogP contribution in [-0.4, -0.2) is 21.8 Å². The van der Waals surface area contributed by atoms with Gasteiger partial charge in [-0.1, -0.05) is 17.7 Å². The SMILES string of the molecule is CNCc1ncn(Cc2ccc(Cl)c(F)c2)n1. The van der Waals surface area contributed by atoms with E-state index in [9.17, 15) is 4.39 Å². The molecule has 0 amide bonds. The van der Waals surface area contributed by atoms with Gasteiger partial charge in [0, 0.05) is 0 Å². The third-order valence-corrected chi connectivity index (χ3v) is 2.55. The maximum atomic E-state index is 13.2. The molecule has 90 valence electrons. The van der Waals surface area contributed by atoms with Crippen LogP contribution in [0, 0.1) is 5.82 Å². The van der Waals surface area contributed by atoms with Crippen molar-refractivity contribution >= 4 is 11.6 Å². The lowest BCUT2D eigenvalue weighted by atomic mass is 10.2. The predicted molar refractivity (Wildman–Crippen MR) is 63.3 cm³/mol. The van der Waals surface area contributed by atoms with E-state index in [1.165, 1.54) is 12.1 Å². The Labute approximate surface area is 103 Å². The van der Waals surface area contributed by atoms with Crippen molar-refractivity contribution < 1.29 is 4.39 Å². The van der Waals surface area contributed by atoms with E-state index in [1.54, 1.807) is 17.1 Å². The molecule has 0 saturated heterocycles. The summed E-state index contributed by atoms with van der Waals surface area (Å²) < 4.78 is 14.9. The fraction of sp³-hybridized carbons (Fsp3) is 0.273. The lowest BCUT2D eigenvalue weighted by Crippen LogP contribution is -2.08. The first-order valence-corrected chi connectivity index (χ1v) is 5.53. The smallest absolute Gasteiger partial charge is 0.164 e. The second kappa shape index (κ2) is 5.25. The van der Waals surface area contributed by atoms with Crippen molar-refractivity contribution in [1.82, 2.24) is 20.1 Å². The summed E-state index contributed by atoms with van der Waals surface area (Å²) in [7, 11) is 1.83. The Bertz CT molecular complexity index is 512. The van der Waals surface area contributed by atoms with E-state index in [4.69, 9.17) is 11.6 Å². The highest BCUT2D eigenvalue weighted by Gasteiger charge is 2.04. The summed E-state index contributed by atoms with van der Waals surface area (Å²) in [4.78, 5) is 4.11. The van der Waals surface area contributed by atoms with Crippen molar-refractivity contribution in [3.8, 4) is 0 Å². The van der Waals surface area contributed by atoms with Crippen molar-refractivity contribution in [1.29, 1.82) is 0 Å². The monoisotopic (exact) mass is 254 g/mol. The number of nitrogens with one attached hydrogen (secondary N) is 1. The maximum Gasteiger partial charge on any atom is 0.164 e. The van der Waals surface area contributed by atoms with Gasteiger partial charge in [-0.3, -0.25) is 0 Å². The number of rotatable bonds is 4. The van der Waals surface area contributed by atoms with E-state index in [2.05, 4.69) is 15.4 Å². The first-order chi connectivity index (χ1) is 8.19. The van der Waals surface area contributed by atoms with Crippen LogP contribution < -0.4 is 5.32 Å². The zero-order valence-corrected chi connectivity index (χ0v) is 10.1. The molecule has 0 unspecified atom stereocenters. The molecule has 0 spiro atoms. The van der Waals surface area contributed by atoms with E-state index in [1.807, 2.05) is 7.05 Å². The summed E-state index contributed by atoms with van der Waals surface area (Å²) in [5.74, 6) is 0.293. The van der Waals surface area contributed by atoms with E-state index in [-0.39, 0.29) is 5.02 Å². The molecule has 0 radical (unpaired) electrons. The van der Waals surface area contributed by atoms with Crippen LogP contribution in [0.4, 0.5) is 4.39 Å². The highest BCUT2D eigenvalue weighted by Crippen LogP contribution is 2.15. The molecule has 1 aromatic heterocycles. The average Bonchev–Trinajstić information content (AvgIpc) is 2.72. The van der Waals surface area contributed by atoms with Gasteiger partial charge in [-0.05, 0) is 24.7 Å². The quantitative estimate of drug-likeness (QED) is 0.905. The molecule has 0 saturated carbocycles. The summed E-state index contributed by atoms with van der Waals surface area (Å²) in [6.07, 6.45) is 1.62. The molecule has 2 rings (SSSR count). The molecule has 17 heavy (non-hydrogen) atoms. The highest BCUT2D eigenvalue weighted by atomic mass is 35.5. The largest absolute Gasteiger partial charge is 0.313 e. The van der Waals surface area contributed by atoms with Crippen molar-refractivity contribution in [2.75, 3.05) is 7.05 Å². The Balaban J connectivity index is 2.11. The lowest BCUT2D eigenvalue weighted by Gasteiger charge is -2.02. The molecular formula is C11H12ClFN4. The molecule has 1 N–H and O–H groups in total. The highest BCUT2D eigenvalue weighted by molar-refractivity contribution is 6.30. The molecule has 0 bridgehead atoms. The van der Waals surface area contributed by atoms with Crippen molar-refractivity contribution in [2.24, 2.45) is 0 Å². The fourth-order valence-corrected chi connectivity index (χ4v) is 1.59. The minimum absolute atomic E-state index is 0.128. The van der Waals surface area contributed by atoms with Crippen LogP contribution in [0.3, 0.4) is 0 Å². The summed E-state index contributed by atoms with van der Waals surface area (Å²) in [6.45, 7) is 1.09. The Kier molecular flexibility index (Phi) is 3.71. The molecule has 1 heterocycles. The van der Waals surface area contributed by atoms with Crippen LogP contribution in [-0.2, 0) is 13.1 Å². The average molecular weight is 255 g/mol. The molecule has 6 heteroatoms. The van der Waals surface area contributed by atoms with Crippen molar-refractivity contribution in [3.63, 3.8) is 0 Å². The molecular weight excluding hydrogens is 243 g/mol. The Hall–Kier alpha value is -1.46. The van der Waals surface area contributed by atoms with Crippen molar-refractivity contribution in [2.45, 2.75) is 13.1 Å². The van der Waals surface area contributed by atoms with Gasteiger partial charge in [0.25, 0.3) is 0 Å². The van der Waals surface area contributed by atoms with E-state index in [0.29, 0.717) is 18.9 Å². The first kappa shape index (κ1) is 12.0. The Morgan fingerprint density at radius 3 is 3.00 bits per heavy atom. The number of halogens is 2. The number of benzene rings is 1. The first-order valence-electron chi connectivity index (χ1n) is 5.16. The number of nitrogens with zero attached hydrogens (tertiary/aromatic N) is 3. The summed E-state index contributed by atoms with van der Waals surface area (Å²) in [5, 5.41) is 7.32. The zero-order valence-electron chi connectivity index (χ0n) is 9.32. The molecule has 0 atom stereocenters. The van der Waals surface area contributed by atoms with Crippen LogP contribution in [0.15, 0.2) is 24.5 Å². The van der Waals surface area contributed by atoms with Gasteiger partial charge in [-0.2, -0.15) is 5.10 Å². The van der Waals surface area contributed by atoms with Crippen LogP contribution >= 0.6 is 11.6 Å². The Morgan fingerprint density at radius 1 is 1.47 bits per heavy atom. The minimum atomic E-state index is -0.417. The second-order valence-corrected chi connectivity index (χ2v) is 4.04. The van der Waals surface area contributed by atoms with Gasteiger partial charge in [0.2, 0.25) is 0 Å². The van der Waals surface area contributed by atoms with Gasteiger partial charge in [-0.15, -0.1) is 0 Å². The molecule has 0 fully saturated rings. The molecule has 0 aliphatic carbocycles.